The van der Waals surface area contributed by atoms with Gasteiger partial charge in [0.05, 0.1) is 11.9 Å². The van der Waals surface area contributed by atoms with Crippen LogP contribution in [0, 0.1) is 0 Å². The van der Waals surface area contributed by atoms with E-state index in [0.29, 0.717) is 11.3 Å². The Morgan fingerprint density at radius 3 is 2.41 bits per heavy atom. The van der Waals surface area contributed by atoms with Crippen molar-refractivity contribution >= 4 is 29.8 Å². The average molecular weight is 513 g/mol. The van der Waals surface area contributed by atoms with E-state index in [1.54, 1.807) is 42.1 Å². The van der Waals surface area contributed by atoms with Gasteiger partial charge in [0.15, 0.2) is 0 Å². The highest BCUT2D eigenvalue weighted by Crippen LogP contribution is 2.27. The van der Waals surface area contributed by atoms with Crippen LogP contribution in [0.3, 0.4) is 0 Å². The lowest BCUT2D eigenvalue weighted by Crippen LogP contribution is -2.38. The van der Waals surface area contributed by atoms with Gasteiger partial charge in [-0.25, -0.2) is 19.7 Å². The standard InChI is InChI=1S/C23H20F3N7O.CH2O2/c24-23(25,26)14-30-22(34)31-18-4-1-3-16(9-18)19-13-27-20-10-15(5-8-33(19)20)17-11-28-21(29-12-17)32-6-2-7-32;2-1-3/h1,3-5,8-13H,2,6-7,14H2,(H2,30,31,34);1H,(H,2,3). The number of nitrogens with one attached hydrogen (secondary N) is 2. The van der Waals surface area contributed by atoms with E-state index in [2.05, 4.69) is 25.2 Å². The molecule has 1 saturated heterocycles. The van der Waals surface area contributed by atoms with E-state index in [1.165, 1.54) is 0 Å². The molecule has 4 aromatic rings. The highest BCUT2D eigenvalue weighted by atomic mass is 19.4. The molecule has 1 aromatic carbocycles. The summed E-state index contributed by atoms with van der Waals surface area (Å²) in [5.74, 6) is 0.736. The number of rotatable bonds is 5. The maximum atomic E-state index is 12.3. The van der Waals surface area contributed by atoms with Gasteiger partial charge in [-0.15, -0.1) is 0 Å². The maximum Gasteiger partial charge on any atom is 0.405 e. The largest absolute Gasteiger partial charge is 0.483 e. The summed E-state index contributed by atoms with van der Waals surface area (Å²) in [6.07, 6.45) is 3.87. The Morgan fingerprint density at radius 1 is 1.03 bits per heavy atom. The molecule has 2 amide bonds. The number of halogens is 3. The smallest absolute Gasteiger partial charge is 0.405 e. The third-order valence-corrected chi connectivity index (χ3v) is 5.49. The van der Waals surface area contributed by atoms with Gasteiger partial charge < -0.3 is 20.6 Å². The number of carboxylic acid groups (broad SMARTS) is 1. The third kappa shape index (κ3) is 6.31. The Morgan fingerprint density at radius 2 is 1.76 bits per heavy atom. The number of benzene rings is 1. The Kier molecular flexibility index (Phi) is 7.51. The second kappa shape index (κ2) is 10.9. The molecular formula is C24H22F3N7O3. The van der Waals surface area contributed by atoms with Crippen LogP contribution in [0.5, 0.6) is 0 Å². The minimum Gasteiger partial charge on any atom is -0.483 e. The second-order valence-corrected chi connectivity index (χ2v) is 8.01. The Hall–Kier alpha value is -4.68. The number of imidazole rings is 1. The molecule has 0 spiro atoms. The fourth-order valence-corrected chi connectivity index (χ4v) is 3.64. The van der Waals surface area contributed by atoms with Gasteiger partial charge in [0.2, 0.25) is 5.95 Å². The molecule has 0 bridgehead atoms. The van der Waals surface area contributed by atoms with Gasteiger partial charge in [-0.2, -0.15) is 13.2 Å². The van der Waals surface area contributed by atoms with Crippen molar-refractivity contribution < 1.29 is 27.9 Å². The number of nitrogens with zero attached hydrogens (tertiary/aromatic N) is 5. The van der Waals surface area contributed by atoms with E-state index in [9.17, 15) is 18.0 Å². The lowest BCUT2D eigenvalue weighted by Gasteiger charge is -2.30. The topological polar surface area (TPSA) is 125 Å². The number of hydrogen-bond acceptors (Lipinski definition) is 6. The van der Waals surface area contributed by atoms with Crippen LogP contribution in [0.4, 0.5) is 29.6 Å². The van der Waals surface area contributed by atoms with Gasteiger partial charge in [0, 0.05) is 48.5 Å². The van der Waals surface area contributed by atoms with Crippen molar-refractivity contribution in [3.63, 3.8) is 0 Å². The monoisotopic (exact) mass is 513 g/mol. The van der Waals surface area contributed by atoms with Crippen molar-refractivity contribution in [2.45, 2.75) is 12.6 Å². The lowest BCUT2D eigenvalue weighted by atomic mass is 10.1. The molecule has 0 atom stereocenters. The van der Waals surface area contributed by atoms with E-state index < -0.39 is 18.8 Å². The van der Waals surface area contributed by atoms with Gasteiger partial charge in [-0.1, -0.05) is 12.1 Å². The van der Waals surface area contributed by atoms with Crippen LogP contribution in [-0.2, 0) is 4.79 Å². The molecule has 0 unspecified atom stereocenters. The molecule has 10 nitrogen and oxygen atoms in total. The molecule has 1 fully saturated rings. The number of fused-ring (bicyclic) bond motifs is 1. The zero-order valence-corrected chi connectivity index (χ0v) is 19.3. The molecule has 0 radical (unpaired) electrons. The van der Waals surface area contributed by atoms with Gasteiger partial charge >= 0.3 is 12.2 Å². The predicted molar refractivity (Wildman–Crippen MR) is 130 cm³/mol. The lowest BCUT2D eigenvalue weighted by molar-refractivity contribution is -0.123. The Labute approximate surface area is 208 Å². The highest BCUT2D eigenvalue weighted by Gasteiger charge is 2.27. The number of urea groups is 1. The summed E-state index contributed by atoms with van der Waals surface area (Å²) < 4.78 is 38.8. The van der Waals surface area contributed by atoms with Crippen LogP contribution in [0.25, 0.3) is 28.0 Å². The van der Waals surface area contributed by atoms with E-state index in [4.69, 9.17) is 9.90 Å². The van der Waals surface area contributed by atoms with Gasteiger partial charge in [0.25, 0.3) is 6.47 Å². The molecule has 1 aliphatic rings. The summed E-state index contributed by atoms with van der Waals surface area (Å²) in [5.41, 5.74) is 4.40. The second-order valence-electron chi connectivity index (χ2n) is 8.01. The number of alkyl halides is 3. The first-order chi connectivity index (χ1) is 17.8. The summed E-state index contributed by atoms with van der Waals surface area (Å²) in [6.45, 7) is 0.314. The summed E-state index contributed by atoms with van der Waals surface area (Å²) in [6, 6.07) is 9.75. The molecule has 1 aliphatic heterocycles. The zero-order chi connectivity index (χ0) is 26.4. The predicted octanol–water partition coefficient (Wildman–Crippen LogP) is 4.05. The number of amides is 2. The number of hydrogen-bond donors (Lipinski definition) is 3. The highest BCUT2D eigenvalue weighted by molar-refractivity contribution is 5.90. The molecule has 192 valence electrons. The first-order valence-electron chi connectivity index (χ1n) is 11.1. The van der Waals surface area contributed by atoms with Gasteiger partial charge in [0.1, 0.15) is 12.2 Å². The van der Waals surface area contributed by atoms with Crippen molar-refractivity contribution in [1.29, 1.82) is 0 Å². The van der Waals surface area contributed by atoms with Crippen LogP contribution in [-0.4, -0.2) is 62.8 Å². The van der Waals surface area contributed by atoms with Crippen molar-refractivity contribution in [2.75, 3.05) is 29.9 Å². The Balaban J connectivity index is 0.00000102. The minimum atomic E-state index is -4.47. The summed E-state index contributed by atoms with van der Waals surface area (Å²) in [4.78, 5) is 35.6. The van der Waals surface area contributed by atoms with Crippen LogP contribution >= 0.6 is 0 Å². The number of aromatic nitrogens is 4. The van der Waals surface area contributed by atoms with Gasteiger partial charge in [-0.05, 0) is 36.2 Å². The maximum absolute atomic E-state index is 12.3. The van der Waals surface area contributed by atoms with Crippen LogP contribution in [0.15, 0.2) is 61.2 Å². The van der Waals surface area contributed by atoms with Crippen LogP contribution in [0.2, 0.25) is 0 Å². The molecule has 0 aliphatic carbocycles. The SMILES string of the molecule is O=C(NCC(F)(F)F)Nc1cccc(-c2cnc3cc(-c4cnc(N5CCC5)nc4)ccn23)c1.O=CO. The molecule has 13 heteroatoms. The molecule has 37 heavy (non-hydrogen) atoms. The van der Waals surface area contributed by atoms with Crippen molar-refractivity contribution in [1.82, 2.24) is 24.7 Å². The number of carbonyl (C=O) groups excluding carboxylic acids is 1. The number of carbonyl (C=O) groups is 2. The van der Waals surface area contributed by atoms with E-state index in [1.807, 2.05) is 28.8 Å². The number of anilines is 2. The van der Waals surface area contributed by atoms with Crippen LogP contribution in [0.1, 0.15) is 6.42 Å². The van der Waals surface area contributed by atoms with E-state index >= 15 is 0 Å². The summed E-state index contributed by atoms with van der Waals surface area (Å²) >= 11 is 0. The number of pyridine rings is 1. The Bertz CT molecular complexity index is 1390. The molecule has 3 aromatic heterocycles. The fourth-order valence-electron chi connectivity index (χ4n) is 3.64. The third-order valence-electron chi connectivity index (χ3n) is 5.49. The normalized spacial score (nSPS) is 12.8. The molecule has 0 saturated carbocycles. The average Bonchev–Trinajstić information content (AvgIpc) is 3.26. The molecule has 3 N–H and O–H groups in total. The molecule has 4 heterocycles. The summed E-state index contributed by atoms with van der Waals surface area (Å²) in [5, 5.41) is 11.1. The first-order valence-corrected chi connectivity index (χ1v) is 11.1. The molecular weight excluding hydrogens is 491 g/mol. The quantitative estimate of drug-likeness (QED) is 0.344. The van der Waals surface area contributed by atoms with Crippen molar-refractivity contribution in [3.8, 4) is 22.4 Å². The van der Waals surface area contributed by atoms with Crippen molar-refractivity contribution in [3.05, 3.63) is 61.2 Å². The first kappa shape index (κ1) is 25.4. The zero-order valence-electron chi connectivity index (χ0n) is 19.3. The van der Waals surface area contributed by atoms with Crippen LogP contribution < -0.4 is 15.5 Å². The van der Waals surface area contributed by atoms with E-state index in [-0.39, 0.29) is 6.47 Å². The minimum absolute atomic E-state index is 0.250. The molecule has 5 rings (SSSR count). The fraction of sp³-hybridized carbons (Fsp3) is 0.208. The van der Waals surface area contributed by atoms with E-state index in [0.717, 1.165) is 47.8 Å². The summed E-state index contributed by atoms with van der Waals surface area (Å²) in [7, 11) is 0. The van der Waals surface area contributed by atoms with Gasteiger partial charge in [-0.3, -0.25) is 9.20 Å². The van der Waals surface area contributed by atoms with Crippen molar-refractivity contribution in [2.24, 2.45) is 0 Å².